The van der Waals surface area contributed by atoms with E-state index in [2.05, 4.69) is 20.2 Å². The zero-order chi connectivity index (χ0) is 13.7. The summed E-state index contributed by atoms with van der Waals surface area (Å²) in [7, 11) is -3.54. The summed E-state index contributed by atoms with van der Waals surface area (Å²) in [5.74, 6) is 0. The molecule has 0 aliphatic rings. The van der Waals surface area contributed by atoms with Crippen LogP contribution in [0, 0.1) is 0 Å². The summed E-state index contributed by atoms with van der Waals surface area (Å²) in [6, 6.07) is 6.83. The lowest BCUT2D eigenvalue weighted by molar-refractivity contribution is 0.581. The minimum absolute atomic E-state index is 0.208. The zero-order valence-electron chi connectivity index (χ0n) is 10.6. The first-order chi connectivity index (χ1) is 9.13. The third-order valence-corrected chi connectivity index (χ3v) is 4.02. The van der Waals surface area contributed by atoms with Crippen LogP contribution in [0.5, 0.6) is 0 Å². The van der Waals surface area contributed by atoms with Crippen molar-refractivity contribution in [2.24, 2.45) is 0 Å². The van der Waals surface area contributed by atoms with E-state index in [9.17, 15) is 8.42 Å². The Balaban J connectivity index is 2.19. The maximum atomic E-state index is 12.2. The van der Waals surface area contributed by atoms with Crippen LogP contribution in [0.1, 0.15) is 12.5 Å². The third kappa shape index (κ3) is 3.33. The van der Waals surface area contributed by atoms with Gasteiger partial charge in [-0.3, -0.25) is 5.10 Å². The number of aromatic nitrogens is 2. The van der Waals surface area contributed by atoms with Crippen LogP contribution in [0.3, 0.4) is 0 Å². The van der Waals surface area contributed by atoms with Crippen molar-refractivity contribution in [1.82, 2.24) is 14.9 Å². The Kier molecular flexibility index (Phi) is 4.18. The van der Waals surface area contributed by atoms with Gasteiger partial charge in [-0.1, -0.05) is 12.1 Å². The van der Waals surface area contributed by atoms with E-state index in [1.807, 2.05) is 6.92 Å². The molecule has 1 aromatic carbocycles. The number of rotatable bonds is 6. The molecule has 0 saturated heterocycles. The summed E-state index contributed by atoms with van der Waals surface area (Å²) in [5, 5.41) is 9.45. The Bertz CT molecular complexity index is 623. The second kappa shape index (κ2) is 5.85. The minimum atomic E-state index is -3.54. The van der Waals surface area contributed by atoms with E-state index in [1.165, 1.54) is 0 Å². The van der Waals surface area contributed by atoms with Crippen LogP contribution in [-0.4, -0.2) is 25.2 Å². The van der Waals surface area contributed by atoms with Gasteiger partial charge in [0.1, 0.15) is 4.90 Å². The predicted molar refractivity (Wildman–Crippen MR) is 73.2 cm³/mol. The van der Waals surface area contributed by atoms with Gasteiger partial charge < -0.3 is 5.32 Å². The number of H-pyrrole nitrogens is 1. The monoisotopic (exact) mass is 280 g/mol. The topological polar surface area (TPSA) is 86.9 Å². The van der Waals surface area contributed by atoms with Crippen molar-refractivity contribution in [3.05, 3.63) is 42.2 Å². The molecule has 0 radical (unpaired) electrons. The molecule has 3 N–H and O–H groups in total. The summed E-state index contributed by atoms with van der Waals surface area (Å²) >= 11 is 0. The molecule has 0 unspecified atom stereocenters. The molecule has 0 aliphatic carbocycles. The molecule has 6 nitrogen and oxygen atoms in total. The van der Waals surface area contributed by atoms with Crippen LogP contribution < -0.4 is 10.0 Å². The predicted octanol–water partition coefficient (Wildman–Crippen LogP) is 1.32. The number of aromatic amines is 1. The van der Waals surface area contributed by atoms with Crippen LogP contribution in [0.2, 0.25) is 0 Å². The highest BCUT2D eigenvalue weighted by molar-refractivity contribution is 7.89. The number of nitrogens with zero attached hydrogens (tertiary/aromatic N) is 1. The number of sulfonamides is 1. The highest BCUT2D eigenvalue weighted by atomic mass is 32.2. The first kappa shape index (κ1) is 13.6. The highest BCUT2D eigenvalue weighted by Crippen LogP contribution is 2.20. The Hall–Kier alpha value is -1.86. The number of para-hydroxylation sites is 1. The Morgan fingerprint density at radius 1 is 1.32 bits per heavy atom. The molecule has 0 amide bonds. The van der Waals surface area contributed by atoms with Gasteiger partial charge in [-0.05, 0) is 19.1 Å². The lowest BCUT2D eigenvalue weighted by atomic mass is 10.3. The van der Waals surface area contributed by atoms with Crippen LogP contribution in [-0.2, 0) is 16.6 Å². The van der Waals surface area contributed by atoms with Crippen molar-refractivity contribution in [3.8, 4) is 0 Å². The minimum Gasteiger partial charge on any atom is -0.384 e. The average Bonchev–Trinajstić information content (AvgIpc) is 2.91. The smallest absolute Gasteiger partial charge is 0.242 e. The first-order valence-corrected chi connectivity index (χ1v) is 7.42. The Labute approximate surface area is 112 Å². The van der Waals surface area contributed by atoms with Crippen molar-refractivity contribution in [2.75, 3.05) is 11.9 Å². The van der Waals surface area contributed by atoms with E-state index >= 15 is 0 Å². The van der Waals surface area contributed by atoms with E-state index in [1.54, 1.807) is 36.7 Å². The van der Waals surface area contributed by atoms with Gasteiger partial charge in [0, 0.05) is 24.8 Å². The van der Waals surface area contributed by atoms with E-state index in [-0.39, 0.29) is 11.4 Å². The first-order valence-electron chi connectivity index (χ1n) is 5.93. The molecule has 2 aromatic rings. The van der Waals surface area contributed by atoms with Crippen LogP contribution >= 0.6 is 0 Å². The third-order valence-electron chi connectivity index (χ3n) is 2.56. The lowest BCUT2D eigenvalue weighted by Gasteiger charge is -2.11. The molecule has 19 heavy (non-hydrogen) atoms. The largest absolute Gasteiger partial charge is 0.384 e. The van der Waals surface area contributed by atoms with Crippen molar-refractivity contribution in [1.29, 1.82) is 0 Å². The van der Waals surface area contributed by atoms with E-state index < -0.39 is 10.0 Å². The number of hydrogen-bond acceptors (Lipinski definition) is 4. The normalized spacial score (nSPS) is 11.4. The number of hydrogen-bond donors (Lipinski definition) is 3. The van der Waals surface area contributed by atoms with Gasteiger partial charge >= 0.3 is 0 Å². The average molecular weight is 280 g/mol. The SMILES string of the molecule is CCNc1ccccc1S(=O)(=O)NCc1cn[nH]c1. The Morgan fingerprint density at radius 3 is 2.79 bits per heavy atom. The van der Waals surface area contributed by atoms with Gasteiger partial charge in [0.2, 0.25) is 10.0 Å². The van der Waals surface area contributed by atoms with Crippen LogP contribution in [0.4, 0.5) is 5.69 Å². The molecule has 0 atom stereocenters. The summed E-state index contributed by atoms with van der Waals surface area (Å²) < 4.78 is 27.0. The molecule has 1 heterocycles. The van der Waals surface area contributed by atoms with Crippen molar-refractivity contribution in [2.45, 2.75) is 18.4 Å². The second-order valence-electron chi connectivity index (χ2n) is 3.96. The summed E-state index contributed by atoms with van der Waals surface area (Å²) in [4.78, 5) is 0.250. The van der Waals surface area contributed by atoms with Gasteiger partial charge in [-0.15, -0.1) is 0 Å². The van der Waals surface area contributed by atoms with Gasteiger partial charge in [-0.2, -0.15) is 5.10 Å². The molecule has 0 saturated carbocycles. The molecule has 0 fully saturated rings. The molecular weight excluding hydrogens is 264 g/mol. The van der Waals surface area contributed by atoms with Crippen LogP contribution in [0.25, 0.3) is 0 Å². The molecule has 0 bridgehead atoms. The van der Waals surface area contributed by atoms with Crippen molar-refractivity contribution >= 4 is 15.7 Å². The molecule has 2 rings (SSSR count). The number of nitrogens with one attached hydrogen (secondary N) is 3. The highest BCUT2D eigenvalue weighted by Gasteiger charge is 2.17. The quantitative estimate of drug-likeness (QED) is 0.745. The standard InChI is InChI=1S/C12H16N4O2S/c1-2-13-11-5-3-4-6-12(11)19(17,18)16-9-10-7-14-15-8-10/h3-8,13,16H,2,9H2,1H3,(H,14,15). The fraction of sp³-hybridized carbons (Fsp3) is 0.250. The summed E-state index contributed by atoms with van der Waals surface area (Å²) in [6.45, 7) is 2.79. The van der Waals surface area contributed by atoms with Crippen molar-refractivity contribution in [3.63, 3.8) is 0 Å². The fourth-order valence-corrected chi connectivity index (χ4v) is 2.87. The van der Waals surface area contributed by atoms with Gasteiger partial charge in [0.05, 0.1) is 11.9 Å². The molecule has 1 aromatic heterocycles. The second-order valence-corrected chi connectivity index (χ2v) is 5.69. The van der Waals surface area contributed by atoms with E-state index in [0.717, 1.165) is 5.56 Å². The van der Waals surface area contributed by atoms with E-state index in [4.69, 9.17) is 0 Å². The lowest BCUT2D eigenvalue weighted by Crippen LogP contribution is -2.24. The molecule has 0 spiro atoms. The zero-order valence-corrected chi connectivity index (χ0v) is 11.4. The maximum absolute atomic E-state index is 12.2. The fourth-order valence-electron chi connectivity index (χ4n) is 1.67. The summed E-state index contributed by atoms with van der Waals surface area (Å²) in [5.41, 5.74) is 1.38. The van der Waals surface area contributed by atoms with E-state index in [0.29, 0.717) is 12.2 Å². The van der Waals surface area contributed by atoms with Gasteiger partial charge in [0.15, 0.2) is 0 Å². The molecule has 102 valence electrons. The maximum Gasteiger partial charge on any atom is 0.242 e. The van der Waals surface area contributed by atoms with Gasteiger partial charge in [0.25, 0.3) is 0 Å². The number of anilines is 1. The molecular formula is C12H16N4O2S. The number of benzene rings is 1. The molecule has 7 heteroatoms. The molecule has 0 aliphatic heterocycles. The van der Waals surface area contributed by atoms with Crippen molar-refractivity contribution < 1.29 is 8.42 Å². The van der Waals surface area contributed by atoms with Gasteiger partial charge in [-0.25, -0.2) is 13.1 Å². The Morgan fingerprint density at radius 2 is 2.11 bits per heavy atom. The summed E-state index contributed by atoms with van der Waals surface area (Å²) in [6.07, 6.45) is 3.23. The van der Waals surface area contributed by atoms with Crippen LogP contribution in [0.15, 0.2) is 41.6 Å².